The Morgan fingerprint density at radius 1 is 1.42 bits per heavy atom. The molecular weight excluding hydrogens is 334 g/mol. The number of aromatic nitrogens is 2. The van der Waals surface area contributed by atoms with Crippen molar-refractivity contribution in [3.8, 4) is 11.3 Å². The number of furan rings is 1. The summed E-state index contributed by atoms with van der Waals surface area (Å²) in [4.78, 5) is 14.4. The van der Waals surface area contributed by atoms with Crippen LogP contribution in [0.5, 0.6) is 0 Å². The van der Waals surface area contributed by atoms with Crippen molar-refractivity contribution in [2.45, 2.75) is 39.3 Å². The van der Waals surface area contributed by atoms with Gasteiger partial charge in [-0.15, -0.1) is 0 Å². The Hall–Kier alpha value is -2.12. The van der Waals surface area contributed by atoms with Gasteiger partial charge in [-0.3, -0.25) is 4.68 Å². The number of hydrogen-bond donors (Lipinski definition) is 0. The third-order valence-corrected chi connectivity index (χ3v) is 5.11. The molecule has 0 bridgehead atoms. The van der Waals surface area contributed by atoms with Crippen LogP contribution in [0.2, 0.25) is 0 Å². The number of likely N-dealkylation sites (N-methyl/N-ethyl adjacent to an activating group) is 1. The third-order valence-electron chi connectivity index (χ3n) is 5.11. The maximum atomic E-state index is 12.1. The molecule has 1 fully saturated rings. The van der Waals surface area contributed by atoms with Crippen LogP contribution in [0.3, 0.4) is 0 Å². The zero-order valence-corrected chi connectivity index (χ0v) is 15.6. The summed E-state index contributed by atoms with van der Waals surface area (Å²) in [6.45, 7) is 7.40. The van der Waals surface area contributed by atoms with E-state index in [1.807, 2.05) is 11.6 Å². The number of morpholine rings is 1. The quantitative estimate of drug-likeness (QED) is 0.779. The molecule has 0 N–H and O–H groups in total. The van der Waals surface area contributed by atoms with E-state index < -0.39 is 5.97 Å². The predicted octanol–water partition coefficient (Wildman–Crippen LogP) is 2.06. The number of ether oxygens (including phenoxy) is 2. The molecule has 0 spiro atoms. The summed E-state index contributed by atoms with van der Waals surface area (Å²) >= 11 is 0. The van der Waals surface area contributed by atoms with Crippen molar-refractivity contribution < 1.29 is 18.7 Å². The van der Waals surface area contributed by atoms with Crippen molar-refractivity contribution in [3.05, 3.63) is 28.8 Å². The maximum absolute atomic E-state index is 12.1. The molecule has 4 rings (SSSR count). The molecule has 7 heteroatoms. The molecule has 0 saturated carbocycles. The van der Waals surface area contributed by atoms with Gasteiger partial charge >= 0.3 is 5.97 Å². The fourth-order valence-electron chi connectivity index (χ4n) is 3.83. The van der Waals surface area contributed by atoms with Crippen LogP contribution in [0.15, 0.2) is 10.6 Å². The van der Waals surface area contributed by atoms with E-state index in [0.29, 0.717) is 12.4 Å². The van der Waals surface area contributed by atoms with Crippen LogP contribution in [-0.2, 0) is 28.9 Å². The minimum Gasteiger partial charge on any atom is -0.460 e. The molecular formula is C19H25N3O4. The SMILES string of the molecule is CCOC(=O)c1oc2c(c1C)-c1nn(CC3CN(C)CCO3)cc1CC2. The molecule has 1 saturated heterocycles. The first-order chi connectivity index (χ1) is 12.6. The van der Waals surface area contributed by atoms with E-state index in [9.17, 15) is 4.79 Å². The van der Waals surface area contributed by atoms with E-state index in [4.69, 9.17) is 19.0 Å². The standard InChI is InChI=1S/C19H25N3O4/c1-4-24-19(23)18-12(2)16-15(26-18)6-5-13-9-22(20-17(13)16)11-14-10-21(3)7-8-25-14/h9,14H,4-8,10-11H2,1-3H3. The highest BCUT2D eigenvalue weighted by atomic mass is 16.5. The van der Waals surface area contributed by atoms with E-state index in [-0.39, 0.29) is 6.10 Å². The number of fused-ring (bicyclic) bond motifs is 3. The molecule has 2 aliphatic rings. The molecule has 1 unspecified atom stereocenters. The van der Waals surface area contributed by atoms with Gasteiger partial charge in [-0.2, -0.15) is 5.10 Å². The van der Waals surface area contributed by atoms with Gasteiger partial charge < -0.3 is 18.8 Å². The van der Waals surface area contributed by atoms with E-state index in [0.717, 1.165) is 61.7 Å². The number of hydrogen-bond acceptors (Lipinski definition) is 6. The zero-order valence-electron chi connectivity index (χ0n) is 15.6. The maximum Gasteiger partial charge on any atom is 0.374 e. The summed E-state index contributed by atoms with van der Waals surface area (Å²) in [5.74, 6) is 0.729. The lowest BCUT2D eigenvalue weighted by Gasteiger charge is -2.29. The number of rotatable bonds is 4. The molecule has 0 radical (unpaired) electrons. The minimum atomic E-state index is -0.404. The molecule has 26 heavy (non-hydrogen) atoms. The largest absolute Gasteiger partial charge is 0.460 e. The molecule has 0 aromatic carbocycles. The lowest BCUT2D eigenvalue weighted by molar-refractivity contribution is -0.0290. The first-order valence-corrected chi connectivity index (χ1v) is 9.23. The Morgan fingerprint density at radius 3 is 3.04 bits per heavy atom. The second-order valence-corrected chi connectivity index (χ2v) is 7.05. The van der Waals surface area contributed by atoms with Crippen LogP contribution in [0.4, 0.5) is 0 Å². The van der Waals surface area contributed by atoms with Crippen molar-refractivity contribution in [1.82, 2.24) is 14.7 Å². The van der Waals surface area contributed by atoms with Crippen molar-refractivity contribution in [3.63, 3.8) is 0 Å². The van der Waals surface area contributed by atoms with Gasteiger partial charge in [0.1, 0.15) is 5.76 Å². The molecule has 1 aliphatic carbocycles. The Labute approximate surface area is 152 Å². The number of nitrogens with zero attached hydrogens (tertiary/aromatic N) is 3. The fourth-order valence-corrected chi connectivity index (χ4v) is 3.83. The zero-order chi connectivity index (χ0) is 18.3. The Balaban J connectivity index is 1.61. The van der Waals surface area contributed by atoms with Gasteiger partial charge in [0.2, 0.25) is 5.76 Å². The normalized spacial score (nSPS) is 19.9. The molecule has 1 aliphatic heterocycles. The van der Waals surface area contributed by atoms with Gasteiger partial charge in [-0.25, -0.2) is 4.79 Å². The molecule has 2 aromatic heterocycles. The predicted molar refractivity (Wildman–Crippen MR) is 95.3 cm³/mol. The smallest absolute Gasteiger partial charge is 0.374 e. The van der Waals surface area contributed by atoms with Crippen LogP contribution in [0.1, 0.15) is 34.4 Å². The molecule has 3 heterocycles. The fraction of sp³-hybridized carbons (Fsp3) is 0.579. The van der Waals surface area contributed by atoms with Gasteiger partial charge in [0, 0.05) is 36.8 Å². The van der Waals surface area contributed by atoms with Gasteiger partial charge in [0.05, 0.1) is 31.6 Å². The first kappa shape index (κ1) is 17.3. The highest BCUT2D eigenvalue weighted by molar-refractivity contribution is 5.91. The molecule has 2 aromatic rings. The van der Waals surface area contributed by atoms with Crippen LogP contribution < -0.4 is 0 Å². The second-order valence-electron chi connectivity index (χ2n) is 7.05. The van der Waals surface area contributed by atoms with E-state index in [1.54, 1.807) is 6.92 Å². The number of carbonyl (C=O) groups excluding carboxylic acids is 1. The molecule has 7 nitrogen and oxygen atoms in total. The first-order valence-electron chi connectivity index (χ1n) is 9.23. The average Bonchev–Trinajstić information content (AvgIpc) is 3.15. The Bertz CT molecular complexity index is 823. The lowest BCUT2D eigenvalue weighted by Crippen LogP contribution is -2.42. The van der Waals surface area contributed by atoms with Gasteiger partial charge in [0.15, 0.2) is 0 Å². The molecule has 0 amide bonds. The third kappa shape index (κ3) is 3.05. The highest BCUT2D eigenvalue weighted by Crippen LogP contribution is 2.38. The summed E-state index contributed by atoms with van der Waals surface area (Å²) in [5, 5.41) is 4.80. The number of aryl methyl sites for hydroxylation is 2. The summed E-state index contributed by atoms with van der Waals surface area (Å²) in [7, 11) is 2.11. The second kappa shape index (κ2) is 6.89. The summed E-state index contributed by atoms with van der Waals surface area (Å²) in [5.41, 5.74) is 3.89. The van der Waals surface area contributed by atoms with E-state index in [2.05, 4.69) is 18.1 Å². The minimum absolute atomic E-state index is 0.148. The van der Waals surface area contributed by atoms with Crippen molar-refractivity contribution in [2.75, 3.05) is 33.4 Å². The van der Waals surface area contributed by atoms with Gasteiger partial charge in [-0.05, 0) is 32.9 Å². The van der Waals surface area contributed by atoms with Crippen LogP contribution in [0, 0.1) is 6.92 Å². The Kier molecular flexibility index (Phi) is 4.58. The topological polar surface area (TPSA) is 69.7 Å². The van der Waals surface area contributed by atoms with Crippen molar-refractivity contribution in [2.24, 2.45) is 0 Å². The monoisotopic (exact) mass is 359 g/mol. The van der Waals surface area contributed by atoms with E-state index >= 15 is 0 Å². The van der Waals surface area contributed by atoms with Crippen molar-refractivity contribution >= 4 is 5.97 Å². The summed E-state index contributed by atoms with van der Waals surface area (Å²) < 4.78 is 18.8. The molecule has 140 valence electrons. The van der Waals surface area contributed by atoms with Crippen molar-refractivity contribution in [1.29, 1.82) is 0 Å². The van der Waals surface area contributed by atoms with Crippen LogP contribution >= 0.6 is 0 Å². The van der Waals surface area contributed by atoms with Gasteiger partial charge in [0.25, 0.3) is 0 Å². The highest BCUT2D eigenvalue weighted by Gasteiger charge is 2.30. The summed E-state index contributed by atoms with van der Waals surface area (Å²) in [6.07, 6.45) is 3.89. The number of esters is 1. The number of carbonyl (C=O) groups is 1. The molecule has 1 atom stereocenters. The lowest BCUT2D eigenvalue weighted by atomic mass is 9.94. The van der Waals surface area contributed by atoms with Gasteiger partial charge in [-0.1, -0.05) is 0 Å². The Morgan fingerprint density at radius 2 is 2.27 bits per heavy atom. The van der Waals surface area contributed by atoms with Crippen LogP contribution in [0.25, 0.3) is 11.3 Å². The average molecular weight is 359 g/mol. The van der Waals surface area contributed by atoms with E-state index in [1.165, 1.54) is 5.56 Å². The summed E-state index contributed by atoms with van der Waals surface area (Å²) in [6, 6.07) is 0. The van der Waals surface area contributed by atoms with Crippen LogP contribution in [-0.4, -0.2) is 60.1 Å².